The van der Waals surface area contributed by atoms with Crippen LogP contribution < -0.4 is 0 Å². The molecule has 1 saturated carbocycles. The fourth-order valence-electron chi connectivity index (χ4n) is 5.87. The van der Waals surface area contributed by atoms with E-state index in [2.05, 4.69) is 53.4 Å². The first kappa shape index (κ1) is 17.2. The van der Waals surface area contributed by atoms with Gasteiger partial charge in [-0.3, -0.25) is 4.79 Å². The molecule has 6 rings (SSSR count). The molecule has 29 heavy (non-hydrogen) atoms. The number of fused-ring (bicyclic) bond motifs is 3. The monoisotopic (exact) mass is 382 g/mol. The van der Waals surface area contributed by atoms with Gasteiger partial charge in [-0.15, -0.1) is 0 Å². The van der Waals surface area contributed by atoms with Gasteiger partial charge in [0.05, 0.1) is 0 Å². The van der Waals surface area contributed by atoms with Crippen LogP contribution in [-0.2, 0) is 6.54 Å². The highest BCUT2D eigenvalue weighted by Crippen LogP contribution is 2.52. The molecule has 3 unspecified atom stereocenters. The zero-order valence-corrected chi connectivity index (χ0v) is 16.6. The minimum atomic E-state index is 0.205. The second-order valence-corrected chi connectivity index (χ2v) is 8.98. The second kappa shape index (κ2) is 6.70. The minimum absolute atomic E-state index is 0.205. The molecule has 2 heterocycles. The average molecular weight is 383 g/mol. The highest BCUT2D eigenvalue weighted by atomic mass is 16.2. The van der Waals surface area contributed by atoms with Crippen molar-refractivity contribution in [3.63, 3.8) is 0 Å². The van der Waals surface area contributed by atoms with Crippen LogP contribution in [0.3, 0.4) is 0 Å². The van der Waals surface area contributed by atoms with E-state index in [-0.39, 0.29) is 5.91 Å². The van der Waals surface area contributed by atoms with Crippen LogP contribution in [0.25, 0.3) is 10.8 Å². The molecule has 3 aliphatic rings. The zero-order valence-electron chi connectivity index (χ0n) is 16.6. The molecule has 0 radical (unpaired) electrons. The van der Waals surface area contributed by atoms with Crippen molar-refractivity contribution in [1.82, 2.24) is 9.80 Å². The fraction of sp³-hybridized carbons (Fsp3) is 0.346. The normalized spacial score (nSPS) is 25.9. The highest BCUT2D eigenvalue weighted by molar-refractivity contribution is 5.98. The molecule has 3 atom stereocenters. The quantitative estimate of drug-likeness (QED) is 0.662. The molecule has 2 aliphatic heterocycles. The van der Waals surface area contributed by atoms with E-state index >= 15 is 0 Å². The maximum Gasteiger partial charge on any atom is 0.254 e. The first-order chi connectivity index (χ1) is 14.3. The first-order valence-corrected chi connectivity index (χ1v) is 10.8. The standard InChI is InChI=1S/C26H26N2O/c29-26-22-10-4-2-7-19(22)16-28(26)13-12-27-15-20-14-24(25(20)17-27)23-11-5-8-18-6-1-3-9-21(18)23/h1-11,20,24-25H,12-17H2. The van der Waals surface area contributed by atoms with Crippen LogP contribution in [0, 0.1) is 11.8 Å². The molecule has 1 aliphatic carbocycles. The van der Waals surface area contributed by atoms with Crippen LogP contribution in [0.4, 0.5) is 0 Å². The molecular weight excluding hydrogens is 356 g/mol. The van der Waals surface area contributed by atoms with Crippen molar-refractivity contribution >= 4 is 16.7 Å². The Bertz CT molecular complexity index is 1090. The Balaban J connectivity index is 1.11. The van der Waals surface area contributed by atoms with Crippen LogP contribution in [0.5, 0.6) is 0 Å². The van der Waals surface area contributed by atoms with E-state index in [0.717, 1.165) is 37.0 Å². The van der Waals surface area contributed by atoms with Crippen LogP contribution in [-0.4, -0.2) is 41.9 Å². The fourth-order valence-corrected chi connectivity index (χ4v) is 5.87. The van der Waals surface area contributed by atoms with Crippen molar-refractivity contribution in [2.45, 2.75) is 18.9 Å². The maximum atomic E-state index is 12.6. The predicted molar refractivity (Wildman–Crippen MR) is 116 cm³/mol. The van der Waals surface area contributed by atoms with Crippen LogP contribution in [0.1, 0.15) is 33.8 Å². The molecule has 2 fully saturated rings. The van der Waals surface area contributed by atoms with Gasteiger partial charge in [0.15, 0.2) is 0 Å². The summed E-state index contributed by atoms with van der Waals surface area (Å²) in [6.07, 6.45) is 1.31. The molecule has 146 valence electrons. The zero-order chi connectivity index (χ0) is 19.4. The van der Waals surface area contributed by atoms with E-state index < -0.39 is 0 Å². The van der Waals surface area contributed by atoms with Crippen LogP contribution >= 0.6 is 0 Å². The van der Waals surface area contributed by atoms with Gasteiger partial charge in [-0.05, 0) is 52.1 Å². The Morgan fingerprint density at radius 3 is 2.62 bits per heavy atom. The maximum absolute atomic E-state index is 12.6. The van der Waals surface area contributed by atoms with Gasteiger partial charge in [-0.2, -0.15) is 0 Å². The SMILES string of the molecule is O=C1c2ccccc2CN1CCN1CC2CC(c3cccc4ccccc34)C2C1. The number of rotatable bonds is 4. The number of carbonyl (C=O) groups is 1. The molecule has 3 aromatic rings. The lowest BCUT2D eigenvalue weighted by molar-refractivity contribution is 0.0763. The summed E-state index contributed by atoms with van der Waals surface area (Å²) >= 11 is 0. The largest absolute Gasteiger partial charge is 0.333 e. The number of hydrogen-bond donors (Lipinski definition) is 0. The Morgan fingerprint density at radius 1 is 0.862 bits per heavy atom. The third kappa shape index (κ3) is 2.79. The summed E-state index contributed by atoms with van der Waals surface area (Å²) in [5, 5.41) is 2.78. The van der Waals surface area contributed by atoms with Crippen molar-refractivity contribution in [3.05, 3.63) is 83.4 Å². The predicted octanol–water partition coefficient (Wildman–Crippen LogP) is 4.53. The van der Waals surface area contributed by atoms with E-state index in [1.54, 1.807) is 0 Å². The summed E-state index contributed by atoms with van der Waals surface area (Å²) in [6.45, 7) is 4.98. The topological polar surface area (TPSA) is 23.6 Å². The second-order valence-electron chi connectivity index (χ2n) is 8.98. The Labute approximate surface area is 171 Å². The van der Waals surface area contributed by atoms with Crippen molar-refractivity contribution in [2.24, 2.45) is 11.8 Å². The number of nitrogens with zero attached hydrogens (tertiary/aromatic N) is 2. The van der Waals surface area contributed by atoms with Gasteiger partial charge < -0.3 is 9.80 Å². The van der Waals surface area contributed by atoms with Crippen molar-refractivity contribution in [3.8, 4) is 0 Å². The lowest BCUT2D eigenvalue weighted by Gasteiger charge is -2.40. The summed E-state index contributed by atoms with van der Waals surface area (Å²) in [7, 11) is 0. The number of amides is 1. The molecule has 0 aromatic heterocycles. The van der Waals surface area contributed by atoms with Gasteiger partial charge in [0.2, 0.25) is 0 Å². The molecule has 0 bridgehead atoms. The summed E-state index contributed by atoms with van der Waals surface area (Å²) in [6, 6.07) is 23.6. The summed E-state index contributed by atoms with van der Waals surface area (Å²) in [5.74, 6) is 2.49. The number of hydrogen-bond acceptors (Lipinski definition) is 2. The summed E-state index contributed by atoms with van der Waals surface area (Å²) < 4.78 is 0. The van der Waals surface area contributed by atoms with Gasteiger partial charge in [0.1, 0.15) is 0 Å². The minimum Gasteiger partial charge on any atom is -0.333 e. The number of benzene rings is 3. The van der Waals surface area contributed by atoms with Gasteiger partial charge in [-0.25, -0.2) is 0 Å². The number of carbonyl (C=O) groups excluding carboxylic acids is 1. The molecule has 3 nitrogen and oxygen atoms in total. The molecule has 1 amide bonds. The van der Waals surface area contributed by atoms with Crippen molar-refractivity contribution in [1.29, 1.82) is 0 Å². The smallest absolute Gasteiger partial charge is 0.254 e. The van der Waals surface area contributed by atoms with Gasteiger partial charge >= 0.3 is 0 Å². The van der Waals surface area contributed by atoms with E-state index in [0.29, 0.717) is 5.92 Å². The molecule has 0 spiro atoms. The molecule has 0 N–H and O–H groups in total. The van der Waals surface area contributed by atoms with E-state index in [1.165, 1.54) is 41.4 Å². The van der Waals surface area contributed by atoms with Gasteiger partial charge in [-0.1, -0.05) is 60.7 Å². The molecule has 3 aromatic carbocycles. The van der Waals surface area contributed by atoms with E-state index in [4.69, 9.17) is 0 Å². The number of likely N-dealkylation sites (tertiary alicyclic amines) is 1. The Hall–Kier alpha value is -2.65. The Morgan fingerprint density at radius 2 is 1.69 bits per heavy atom. The van der Waals surface area contributed by atoms with E-state index in [9.17, 15) is 4.79 Å². The molecular formula is C26H26N2O. The lowest BCUT2D eigenvalue weighted by atomic mass is 9.63. The average Bonchev–Trinajstić information content (AvgIpc) is 3.24. The third-order valence-corrected chi connectivity index (χ3v) is 7.45. The van der Waals surface area contributed by atoms with Crippen LogP contribution in [0.15, 0.2) is 66.7 Å². The van der Waals surface area contributed by atoms with Gasteiger partial charge in [0.25, 0.3) is 5.91 Å². The van der Waals surface area contributed by atoms with Crippen molar-refractivity contribution in [2.75, 3.05) is 26.2 Å². The van der Waals surface area contributed by atoms with Crippen LogP contribution in [0.2, 0.25) is 0 Å². The summed E-state index contributed by atoms with van der Waals surface area (Å²) in [4.78, 5) is 17.2. The molecule has 3 heteroatoms. The Kier molecular flexibility index (Phi) is 3.98. The summed E-state index contributed by atoms with van der Waals surface area (Å²) in [5.41, 5.74) is 3.61. The van der Waals surface area contributed by atoms with E-state index in [1.807, 2.05) is 23.1 Å². The van der Waals surface area contributed by atoms with Crippen molar-refractivity contribution < 1.29 is 4.79 Å². The van der Waals surface area contributed by atoms with Gasteiger partial charge in [0, 0.05) is 38.3 Å². The lowest BCUT2D eigenvalue weighted by Crippen LogP contribution is -2.34. The first-order valence-electron chi connectivity index (χ1n) is 10.8. The third-order valence-electron chi connectivity index (χ3n) is 7.45. The molecule has 1 saturated heterocycles. The highest BCUT2D eigenvalue weighted by Gasteiger charge is 2.47.